The quantitative estimate of drug-likeness (QED) is 0.0261. The molecule has 0 amide bonds. The molecule has 434 valence electrons. The van der Waals surface area contributed by atoms with E-state index in [2.05, 4.69) is 93.7 Å². The number of ether oxygens (including phenoxy) is 3. The zero-order valence-corrected chi connectivity index (χ0v) is 49.8. The zero-order chi connectivity index (χ0) is 54.3. The number of hydrogen-bond acceptors (Lipinski definition) is 6. The van der Waals surface area contributed by atoms with E-state index >= 15 is 0 Å². The minimum Gasteiger partial charge on any atom is -0.462 e. The summed E-state index contributed by atoms with van der Waals surface area (Å²) in [6.07, 6.45) is 81.9. The monoisotopic (exact) mass is 1050 g/mol. The van der Waals surface area contributed by atoms with Crippen LogP contribution in [0.25, 0.3) is 0 Å². The molecule has 6 nitrogen and oxygen atoms in total. The molecule has 0 aromatic carbocycles. The van der Waals surface area contributed by atoms with Crippen LogP contribution < -0.4 is 0 Å². The van der Waals surface area contributed by atoms with E-state index in [9.17, 15) is 14.4 Å². The predicted octanol–water partition coefficient (Wildman–Crippen LogP) is 22.1. The maximum atomic E-state index is 12.9. The van der Waals surface area contributed by atoms with Crippen LogP contribution in [-0.4, -0.2) is 37.2 Å². The Morgan fingerprint density at radius 3 is 0.827 bits per heavy atom. The van der Waals surface area contributed by atoms with Crippen LogP contribution in [0.4, 0.5) is 0 Å². The van der Waals surface area contributed by atoms with Crippen molar-refractivity contribution in [3.05, 3.63) is 72.9 Å². The molecule has 0 aliphatic carbocycles. The SMILES string of the molecule is CC/C=C\C/C=C\C/C=C\C/C=C\C/C=C\CCCCCCCCCCCCCC(=O)OCC(COC(=O)CCCCCCC/C=C\CCCCCCC)OC(=O)CCCCCCCCCCCCCCCCCC. The van der Waals surface area contributed by atoms with Crippen LogP contribution in [-0.2, 0) is 28.6 Å². The highest BCUT2D eigenvalue weighted by atomic mass is 16.6. The van der Waals surface area contributed by atoms with E-state index in [1.807, 2.05) is 0 Å². The van der Waals surface area contributed by atoms with Crippen LogP contribution in [0.15, 0.2) is 72.9 Å². The molecule has 0 aliphatic rings. The summed E-state index contributed by atoms with van der Waals surface area (Å²) in [5.41, 5.74) is 0. The van der Waals surface area contributed by atoms with Gasteiger partial charge in [0.25, 0.3) is 0 Å². The fourth-order valence-corrected chi connectivity index (χ4v) is 9.35. The standard InChI is InChI=1S/C69H122O6/c1-4-7-10-13-16-19-22-25-28-30-31-32-33-34-35-36-37-38-39-40-42-44-47-50-53-56-59-62-68(71)74-65-66(64-73-67(70)61-58-55-52-49-46-43-27-24-21-18-15-12-9-6-3)75-69(72)63-60-57-54-51-48-45-41-29-26-23-20-17-14-11-8-5-2/h7,10,16,19,24-25,27-28,31-32,34-35,66H,4-6,8-9,11-15,17-18,20-23,26,29-30,33,36-65H2,1-3H3/b10-7-,19-16-,27-24-,28-25-,32-31-,35-34-. The van der Waals surface area contributed by atoms with E-state index in [4.69, 9.17) is 14.2 Å². The normalized spacial score (nSPS) is 12.5. The summed E-state index contributed by atoms with van der Waals surface area (Å²) in [5, 5.41) is 0. The Morgan fingerprint density at radius 2 is 0.520 bits per heavy atom. The lowest BCUT2D eigenvalue weighted by Gasteiger charge is -2.18. The second-order valence-corrected chi connectivity index (χ2v) is 21.6. The molecule has 1 atom stereocenters. The van der Waals surface area contributed by atoms with Crippen molar-refractivity contribution < 1.29 is 28.6 Å². The molecule has 1 unspecified atom stereocenters. The molecule has 0 aromatic rings. The van der Waals surface area contributed by atoms with Gasteiger partial charge in [-0.05, 0) is 89.9 Å². The highest BCUT2D eigenvalue weighted by Crippen LogP contribution is 2.17. The van der Waals surface area contributed by atoms with E-state index in [1.165, 1.54) is 193 Å². The van der Waals surface area contributed by atoms with Crippen molar-refractivity contribution in [3.8, 4) is 0 Å². The van der Waals surface area contributed by atoms with E-state index in [1.54, 1.807) is 0 Å². The number of rotatable bonds is 59. The first-order valence-electron chi connectivity index (χ1n) is 32.4. The number of allylic oxidation sites excluding steroid dienone is 12. The highest BCUT2D eigenvalue weighted by Gasteiger charge is 2.19. The van der Waals surface area contributed by atoms with Gasteiger partial charge in [-0.15, -0.1) is 0 Å². The molecule has 0 heterocycles. The maximum Gasteiger partial charge on any atom is 0.306 e. The molecule has 0 fully saturated rings. The summed E-state index contributed by atoms with van der Waals surface area (Å²) < 4.78 is 16.9. The van der Waals surface area contributed by atoms with Gasteiger partial charge in [0.05, 0.1) is 0 Å². The largest absolute Gasteiger partial charge is 0.462 e. The van der Waals surface area contributed by atoms with Crippen LogP contribution in [0.1, 0.15) is 329 Å². The Morgan fingerprint density at radius 1 is 0.280 bits per heavy atom. The molecule has 0 radical (unpaired) electrons. The van der Waals surface area contributed by atoms with Crippen molar-refractivity contribution in [1.29, 1.82) is 0 Å². The van der Waals surface area contributed by atoms with Gasteiger partial charge in [0.2, 0.25) is 0 Å². The molecule has 6 heteroatoms. The van der Waals surface area contributed by atoms with Crippen molar-refractivity contribution in [2.75, 3.05) is 13.2 Å². The average Bonchev–Trinajstić information content (AvgIpc) is 3.41. The van der Waals surface area contributed by atoms with Gasteiger partial charge in [-0.1, -0.05) is 293 Å². The van der Waals surface area contributed by atoms with Crippen LogP contribution in [0.5, 0.6) is 0 Å². The number of esters is 3. The molecule has 0 aliphatic heterocycles. The molecule has 0 rings (SSSR count). The average molecular weight is 1050 g/mol. The molecule has 0 bridgehead atoms. The summed E-state index contributed by atoms with van der Waals surface area (Å²) in [6.45, 7) is 6.55. The van der Waals surface area contributed by atoms with Crippen molar-refractivity contribution in [1.82, 2.24) is 0 Å². The first-order valence-corrected chi connectivity index (χ1v) is 32.4. The third-order valence-electron chi connectivity index (χ3n) is 14.2. The van der Waals surface area contributed by atoms with Gasteiger partial charge < -0.3 is 14.2 Å². The number of hydrogen-bond donors (Lipinski definition) is 0. The van der Waals surface area contributed by atoms with Crippen LogP contribution in [0, 0.1) is 0 Å². The lowest BCUT2D eigenvalue weighted by atomic mass is 10.0. The molecule has 0 saturated carbocycles. The first-order chi connectivity index (χ1) is 37.0. The van der Waals surface area contributed by atoms with Crippen molar-refractivity contribution in [2.24, 2.45) is 0 Å². The van der Waals surface area contributed by atoms with Crippen LogP contribution in [0.2, 0.25) is 0 Å². The maximum absolute atomic E-state index is 12.9. The van der Waals surface area contributed by atoms with Gasteiger partial charge in [-0.25, -0.2) is 0 Å². The molecule has 75 heavy (non-hydrogen) atoms. The third-order valence-corrected chi connectivity index (χ3v) is 14.2. The van der Waals surface area contributed by atoms with Gasteiger partial charge in [0.1, 0.15) is 13.2 Å². The third kappa shape index (κ3) is 61.6. The lowest BCUT2D eigenvalue weighted by Crippen LogP contribution is -2.30. The summed E-state index contributed by atoms with van der Waals surface area (Å²) in [6, 6.07) is 0. The molecule has 0 aromatic heterocycles. The summed E-state index contributed by atoms with van der Waals surface area (Å²) in [4.78, 5) is 38.3. The number of carbonyl (C=O) groups is 3. The van der Waals surface area contributed by atoms with Crippen molar-refractivity contribution in [3.63, 3.8) is 0 Å². The fourth-order valence-electron chi connectivity index (χ4n) is 9.35. The molecule has 0 saturated heterocycles. The van der Waals surface area contributed by atoms with Gasteiger partial charge in [0.15, 0.2) is 6.10 Å². The van der Waals surface area contributed by atoms with Gasteiger partial charge in [-0.2, -0.15) is 0 Å². The lowest BCUT2D eigenvalue weighted by molar-refractivity contribution is -0.167. The topological polar surface area (TPSA) is 78.9 Å². The van der Waals surface area contributed by atoms with Gasteiger partial charge in [-0.3, -0.25) is 14.4 Å². The summed E-state index contributed by atoms with van der Waals surface area (Å²) in [7, 11) is 0. The molecular formula is C69H122O6. The molecule has 0 spiro atoms. The Hall–Kier alpha value is -3.15. The summed E-state index contributed by atoms with van der Waals surface area (Å²) >= 11 is 0. The smallest absolute Gasteiger partial charge is 0.306 e. The number of unbranched alkanes of at least 4 members (excludes halogenated alkanes) is 36. The zero-order valence-electron chi connectivity index (χ0n) is 49.8. The van der Waals surface area contributed by atoms with Crippen molar-refractivity contribution in [2.45, 2.75) is 335 Å². The Balaban J connectivity index is 4.28. The second kappa shape index (κ2) is 63.4. The Labute approximate surface area is 465 Å². The van der Waals surface area contributed by atoms with E-state index in [-0.39, 0.29) is 31.1 Å². The van der Waals surface area contributed by atoms with E-state index in [0.29, 0.717) is 19.3 Å². The van der Waals surface area contributed by atoms with E-state index in [0.717, 1.165) is 96.3 Å². The summed E-state index contributed by atoms with van der Waals surface area (Å²) in [5.74, 6) is -0.869. The van der Waals surface area contributed by atoms with Crippen LogP contribution in [0.3, 0.4) is 0 Å². The minimum atomic E-state index is -0.778. The number of carbonyl (C=O) groups excluding carboxylic acids is 3. The fraction of sp³-hybridized carbons (Fsp3) is 0.783. The predicted molar refractivity (Wildman–Crippen MR) is 325 cm³/mol. The Bertz CT molecular complexity index is 1390. The second-order valence-electron chi connectivity index (χ2n) is 21.6. The van der Waals surface area contributed by atoms with Gasteiger partial charge >= 0.3 is 17.9 Å². The molecule has 0 N–H and O–H groups in total. The molecular weight excluding hydrogens is 925 g/mol. The van der Waals surface area contributed by atoms with Gasteiger partial charge in [0, 0.05) is 19.3 Å². The minimum absolute atomic E-state index is 0.0759. The highest BCUT2D eigenvalue weighted by molar-refractivity contribution is 5.71. The van der Waals surface area contributed by atoms with Crippen molar-refractivity contribution >= 4 is 17.9 Å². The Kier molecular flexibility index (Phi) is 60.7. The van der Waals surface area contributed by atoms with E-state index < -0.39 is 6.10 Å². The first kappa shape index (κ1) is 71.8. The van der Waals surface area contributed by atoms with Crippen LogP contribution >= 0.6 is 0 Å².